The molecule has 102 valence electrons. The predicted molar refractivity (Wildman–Crippen MR) is 86.7 cm³/mol. The molecule has 1 aliphatic heterocycles. The molecule has 0 saturated carbocycles. The third-order valence-electron chi connectivity index (χ3n) is 3.03. The number of rotatable bonds is 5. The summed E-state index contributed by atoms with van der Waals surface area (Å²) in [6, 6.07) is 2.19. The summed E-state index contributed by atoms with van der Waals surface area (Å²) in [5.41, 5.74) is 0. The van der Waals surface area contributed by atoms with E-state index in [0.29, 0.717) is 4.75 Å². The van der Waals surface area contributed by atoms with Gasteiger partial charge in [-0.2, -0.15) is 11.8 Å². The normalized spacial score (nSPS) is 20.2. The summed E-state index contributed by atoms with van der Waals surface area (Å²) in [4.78, 5) is 3.98. The van der Waals surface area contributed by atoms with Gasteiger partial charge in [-0.3, -0.25) is 4.90 Å². The van der Waals surface area contributed by atoms with Gasteiger partial charge >= 0.3 is 0 Å². The molecule has 0 unspecified atom stereocenters. The zero-order chi connectivity index (χ0) is 13.0. The van der Waals surface area contributed by atoms with Gasteiger partial charge in [0.25, 0.3) is 0 Å². The Morgan fingerprint density at radius 1 is 1.50 bits per heavy atom. The van der Waals surface area contributed by atoms with Crippen molar-refractivity contribution in [1.29, 1.82) is 0 Å². The minimum atomic E-state index is 0.427. The van der Waals surface area contributed by atoms with Crippen LogP contribution in [0.5, 0.6) is 0 Å². The van der Waals surface area contributed by atoms with E-state index in [1.807, 2.05) is 11.3 Å². The molecule has 5 heteroatoms. The zero-order valence-corrected chi connectivity index (χ0v) is 14.3. The van der Waals surface area contributed by atoms with Gasteiger partial charge in [-0.1, -0.05) is 0 Å². The van der Waals surface area contributed by atoms with E-state index in [9.17, 15) is 0 Å². The fourth-order valence-corrected chi connectivity index (χ4v) is 4.80. The van der Waals surface area contributed by atoms with E-state index >= 15 is 0 Å². The minimum absolute atomic E-state index is 0.427. The summed E-state index contributed by atoms with van der Waals surface area (Å²) in [5.74, 6) is 1.27. The van der Waals surface area contributed by atoms with Crippen molar-refractivity contribution in [1.82, 2.24) is 10.2 Å². The van der Waals surface area contributed by atoms with Crippen molar-refractivity contribution in [3.8, 4) is 0 Å². The van der Waals surface area contributed by atoms with Crippen LogP contribution in [0.1, 0.15) is 18.7 Å². The largest absolute Gasteiger partial charge is 0.311 e. The molecule has 1 aromatic heterocycles. The highest BCUT2D eigenvalue weighted by molar-refractivity contribution is 9.10. The molecule has 2 rings (SSSR count). The summed E-state index contributed by atoms with van der Waals surface area (Å²) >= 11 is 7.39. The maximum atomic E-state index is 3.53. The molecule has 18 heavy (non-hydrogen) atoms. The molecule has 0 aromatic carbocycles. The lowest BCUT2D eigenvalue weighted by Gasteiger charge is -2.37. The molecule has 2 heterocycles. The van der Waals surface area contributed by atoms with Crippen LogP contribution < -0.4 is 5.32 Å². The SMILES string of the molecule is CC1(C)CN(CCNCc2cc(Br)cs2)CCS1. The van der Waals surface area contributed by atoms with E-state index in [1.165, 1.54) is 28.2 Å². The summed E-state index contributed by atoms with van der Waals surface area (Å²) in [7, 11) is 0. The Morgan fingerprint density at radius 3 is 3.00 bits per heavy atom. The van der Waals surface area contributed by atoms with Crippen LogP contribution >= 0.6 is 39.0 Å². The first kappa shape index (κ1) is 14.9. The van der Waals surface area contributed by atoms with E-state index in [-0.39, 0.29) is 0 Å². The molecule has 0 aliphatic carbocycles. The van der Waals surface area contributed by atoms with Crippen molar-refractivity contribution >= 4 is 39.0 Å². The van der Waals surface area contributed by atoms with Gasteiger partial charge in [0.15, 0.2) is 0 Å². The number of hydrogen-bond acceptors (Lipinski definition) is 4. The summed E-state index contributed by atoms with van der Waals surface area (Å²) < 4.78 is 1.62. The molecule has 1 aliphatic rings. The molecule has 1 N–H and O–H groups in total. The van der Waals surface area contributed by atoms with Crippen molar-refractivity contribution in [2.45, 2.75) is 25.1 Å². The molecule has 1 fully saturated rings. The van der Waals surface area contributed by atoms with E-state index < -0.39 is 0 Å². The smallest absolute Gasteiger partial charge is 0.0300 e. The molecule has 0 radical (unpaired) electrons. The molecule has 0 spiro atoms. The topological polar surface area (TPSA) is 15.3 Å². The quantitative estimate of drug-likeness (QED) is 0.820. The van der Waals surface area contributed by atoms with Gasteiger partial charge in [-0.15, -0.1) is 11.3 Å². The highest BCUT2D eigenvalue weighted by Gasteiger charge is 2.26. The van der Waals surface area contributed by atoms with Gasteiger partial charge in [0.2, 0.25) is 0 Å². The lowest BCUT2D eigenvalue weighted by molar-refractivity contribution is 0.260. The number of thioether (sulfide) groups is 1. The van der Waals surface area contributed by atoms with Gasteiger partial charge in [0, 0.05) is 58.0 Å². The Morgan fingerprint density at radius 2 is 2.33 bits per heavy atom. The third kappa shape index (κ3) is 4.85. The van der Waals surface area contributed by atoms with E-state index in [4.69, 9.17) is 0 Å². The summed E-state index contributed by atoms with van der Waals surface area (Å²) in [5, 5.41) is 5.67. The first-order valence-corrected chi connectivity index (χ1v) is 9.01. The Bertz CT molecular complexity index is 379. The maximum absolute atomic E-state index is 3.53. The molecule has 1 aromatic rings. The predicted octanol–water partition coefficient (Wildman–Crippen LogP) is 3.43. The van der Waals surface area contributed by atoms with Crippen molar-refractivity contribution in [2.24, 2.45) is 0 Å². The number of nitrogens with one attached hydrogen (secondary N) is 1. The van der Waals surface area contributed by atoms with Crippen molar-refractivity contribution in [3.05, 3.63) is 20.8 Å². The first-order chi connectivity index (χ1) is 8.55. The van der Waals surface area contributed by atoms with Crippen LogP contribution in [0.3, 0.4) is 0 Å². The van der Waals surface area contributed by atoms with E-state index in [2.05, 4.69) is 63.2 Å². The Labute approximate surface area is 127 Å². The molecular weight excluding hydrogens is 328 g/mol. The molecule has 0 bridgehead atoms. The van der Waals surface area contributed by atoms with Crippen LogP contribution in [0, 0.1) is 0 Å². The fourth-order valence-electron chi connectivity index (χ4n) is 2.20. The van der Waals surface area contributed by atoms with Crippen molar-refractivity contribution in [3.63, 3.8) is 0 Å². The van der Waals surface area contributed by atoms with Gasteiger partial charge < -0.3 is 5.32 Å². The van der Waals surface area contributed by atoms with Gasteiger partial charge in [0.05, 0.1) is 0 Å². The van der Waals surface area contributed by atoms with Crippen LogP contribution in [0.15, 0.2) is 15.9 Å². The van der Waals surface area contributed by atoms with E-state index in [0.717, 1.165) is 19.6 Å². The first-order valence-electron chi connectivity index (χ1n) is 6.35. The van der Waals surface area contributed by atoms with Crippen molar-refractivity contribution < 1.29 is 0 Å². The van der Waals surface area contributed by atoms with Crippen LogP contribution in [0.25, 0.3) is 0 Å². The second-order valence-electron chi connectivity index (χ2n) is 5.29. The lowest BCUT2D eigenvalue weighted by atomic mass is 10.2. The van der Waals surface area contributed by atoms with Crippen LogP contribution in [0.2, 0.25) is 0 Å². The Hall–Kier alpha value is 0.450. The summed E-state index contributed by atoms with van der Waals surface area (Å²) in [6.45, 7) is 10.4. The molecule has 0 amide bonds. The Kier molecular flexibility index (Phi) is 5.57. The van der Waals surface area contributed by atoms with Gasteiger partial charge in [-0.25, -0.2) is 0 Å². The molecule has 1 saturated heterocycles. The van der Waals surface area contributed by atoms with Gasteiger partial charge in [-0.05, 0) is 35.8 Å². The third-order valence-corrected chi connectivity index (χ3v) is 6.03. The van der Waals surface area contributed by atoms with Gasteiger partial charge in [0.1, 0.15) is 0 Å². The summed E-state index contributed by atoms with van der Waals surface area (Å²) in [6.07, 6.45) is 0. The second-order valence-corrected chi connectivity index (χ2v) is 9.01. The highest BCUT2D eigenvalue weighted by atomic mass is 79.9. The number of nitrogens with zero attached hydrogens (tertiary/aromatic N) is 1. The van der Waals surface area contributed by atoms with Crippen LogP contribution in [0.4, 0.5) is 0 Å². The average Bonchev–Trinajstić information content (AvgIpc) is 2.69. The standard InChI is InChI=1S/C13H21BrN2S2/c1-13(2)10-16(5-6-18-13)4-3-15-8-12-7-11(14)9-17-12/h7,9,15H,3-6,8,10H2,1-2H3. The average molecular weight is 349 g/mol. The zero-order valence-electron chi connectivity index (χ0n) is 11.0. The van der Waals surface area contributed by atoms with Crippen LogP contribution in [-0.4, -0.2) is 41.6 Å². The highest BCUT2D eigenvalue weighted by Crippen LogP contribution is 2.29. The lowest BCUT2D eigenvalue weighted by Crippen LogP contribution is -2.45. The van der Waals surface area contributed by atoms with Crippen LogP contribution in [-0.2, 0) is 6.54 Å². The number of hydrogen-bond donors (Lipinski definition) is 1. The number of halogens is 1. The molecular formula is C13H21BrN2S2. The van der Waals surface area contributed by atoms with E-state index in [1.54, 1.807) is 0 Å². The number of thiophene rings is 1. The molecule has 0 atom stereocenters. The minimum Gasteiger partial charge on any atom is -0.311 e. The monoisotopic (exact) mass is 348 g/mol. The van der Waals surface area contributed by atoms with Crippen molar-refractivity contribution in [2.75, 3.05) is 31.9 Å². The molecule has 2 nitrogen and oxygen atoms in total. The Balaban J connectivity index is 1.63. The second kappa shape index (κ2) is 6.75. The fraction of sp³-hybridized carbons (Fsp3) is 0.692. The maximum Gasteiger partial charge on any atom is 0.0300 e.